The van der Waals surface area contributed by atoms with Crippen molar-refractivity contribution in [1.82, 2.24) is 0 Å². The van der Waals surface area contributed by atoms with Crippen LogP contribution < -0.4 is 10.2 Å². The van der Waals surface area contributed by atoms with Gasteiger partial charge in [0.25, 0.3) is 0 Å². The van der Waals surface area contributed by atoms with Gasteiger partial charge < -0.3 is 19.8 Å². The predicted octanol–water partition coefficient (Wildman–Crippen LogP) is 0.00550. The van der Waals surface area contributed by atoms with Gasteiger partial charge in [0.1, 0.15) is 0 Å². The number of hydrogen-bond donors (Lipinski definition) is 0. The number of carbonyl (C=O) groups is 2. The largest absolute Gasteiger partial charge is 0.545 e. The predicted molar refractivity (Wildman–Crippen MR) is 60.7 cm³/mol. The van der Waals surface area contributed by atoms with Crippen molar-refractivity contribution in [3.05, 3.63) is 54.1 Å². The third-order valence-corrected chi connectivity index (χ3v) is 1.73. The first-order chi connectivity index (χ1) is 7.88. The fraction of sp³-hybridized carbons (Fsp3) is 0.0769. The lowest BCUT2D eigenvalue weighted by atomic mass is 10.1. The lowest BCUT2D eigenvalue weighted by molar-refractivity contribution is -0.299. The van der Waals surface area contributed by atoms with Crippen LogP contribution in [0.2, 0.25) is 0 Å². The van der Waals surface area contributed by atoms with Crippen LogP contribution in [0.3, 0.4) is 0 Å². The van der Waals surface area contributed by atoms with Gasteiger partial charge >= 0.3 is 0 Å². The molecule has 0 aliphatic heterocycles. The highest BCUT2D eigenvalue weighted by molar-refractivity contribution is 5.86. The van der Waals surface area contributed by atoms with E-state index < -0.39 is 11.9 Å². The zero-order valence-electron chi connectivity index (χ0n) is 9.43. The second-order valence-electron chi connectivity index (χ2n) is 3.18. The lowest BCUT2D eigenvalue weighted by Gasteiger charge is -2.00. The summed E-state index contributed by atoms with van der Waals surface area (Å²) in [7, 11) is 0. The molecule has 90 valence electrons. The van der Waals surface area contributed by atoms with E-state index in [1.807, 2.05) is 0 Å². The van der Waals surface area contributed by atoms with E-state index in [-0.39, 0.29) is 11.1 Å². The van der Waals surface area contributed by atoms with Gasteiger partial charge in [-0.1, -0.05) is 43.5 Å². The lowest BCUT2D eigenvalue weighted by Crippen LogP contribution is -2.22. The molecule has 0 atom stereocenters. The van der Waals surface area contributed by atoms with Crippen LogP contribution in [0.4, 0.5) is 0 Å². The first-order valence-electron chi connectivity index (χ1n) is 4.69. The summed E-state index contributed by atoms with van der Waals surface area (Å²) in [5.74, 6) is -2.34. The minimum Gasteiger partial charge on any atom is -0.545 e. The third-order valence-electron chi connectivity index (χ3n) is 1.73. The molecule has 0 aromatic heterocycles. The van der Waals surface area contributed by atoms with E-state index in [4.69, 9.17) is 0 Å². The van der Waals surface area contributed by atoms with Crippen molar-refractivity contribution in [2.75, 3.05) is 0 Å². The molecule has 0 N–H and O–H groups in total. The van der Waals surface area contributed by atoms with Gasteiger partial charge in [0.05, 0.1) is 11.9 Å². The van der Waals surface area contributed by atoms with E-state index >= 15 is 0 Å². The van der Waals surface area contributed by atoms with Crippen LogP contribution in [0.25, 0.3) is 6.08 Å². The van der Waals surface area contributed by atoms with E-state index in [1.54, 1.807) is 18.2 Å². The number of aromatic carboxylic acids is 1. The fourth-order valence-electron chi connectivity index (χ4n) is 0.755. The van der Waals surface area contributed by atoms with Gasteiger partial charge in [0.2, 0.25) is 0 Å². The van der Waals surface area contributed by atoms with Crippen LogP contribution in [0, 0.1) is 0 Å². The van der Waals surface area contributed by atoms with Crippen LogP contribution in [-0.4, -0.2) is 11.9 Å². The molecule has 0 aliphatic carbocycles. The molecule has 0 heterocycles. The first-order valence-corrected chi connectivity index (χ1v) is 4.69. The van der Waals surface area contributed by atoms with E-state index in [0.717, 1.165) is 5.56 Å². The van der Waals surface area contributed by atoms with Crippen LogP contribution >= 0.6 is 0 Å². The van der Waals surface area contributed by atoms with Crippen LogP contribution in [0.1, 0.15) is 22.8 Å². The summed E-state index contributed by atoms with van der Waals surface area (Å²) in [6, 6.07) is 6.34. The van der Waals surface area contributed by atoms with Gasteiger partial charge in [-0.15, -0.1) is 0 Å². The molecule has 0 radical (unpaired) electrons. The summed E-state index contributed by atoms with van der Waals surface area (Å²) in [5.41, 5.74) is 1.15. The average molecular weight is 232 g/mol. The van der Waals surface area contributed by atoms with Crippen LogP contribution in [0.5, 0.6) is 0 Å². The topological polar surface area (TPSA) is 80.3 Å². The summed E-state index contributed by atoms with van der Waals surface area (Å²) >= 11 is 0. The molecule has 0 spiro atoms. The Morgan fingerprint density at radius 1 is 1.18 bits per heavy atom. The van der Waals surface area contributed by atoms with Gasteiger partial charge in [-0.05, 0) is 23.6 Å². The average Bonchev–Trinajstić information content (AvgIpc) is 2.29. The normalized spacial score (nSPS) is 8.53. The second kappa shape index (κ2) is 7.00. The third kappa shape index (κ3) is 5.94. The SMILES string of the molecule is C=C(C)C(=O)[O-].C=Cc1ccc(C(=O)[O-])cc1. The number of hydrogen-bond acceptors (Lipinski definition) is 4. The van der Waals surface area contributed by atoms with Gasteiger partial charge in [0.15, 0.2) is 0 Å². The van der Waals surface area contributed by atoms with E-state index in [9.17, 15) is 19.8 Å². The van der Waals surface area contributed by atoms with Gasteiger partial charge in [-0.3, -0.25) is 0 Å². The standard InChI is InChI=1S/C9H8O2.C4H6O2/c1-2-7-3-5-8(6-4-7)9(10)11;1-3(2)4(5)6/h2-6H,1H2,(H,10,11);1H2,2H3,(H,5,6)/p-2. The summed E-state index contributed by atoms with van der Waals surface area (Å²) < 4.78 is 0. The minimum atomic E-state index is -1.19. The summed E-state index contributed by atoms with van der Waals surface area (Å²) in [5, 5.41) is 19.8. The highest BCUT2D eigenvalue weighted by atomic mass is 16.4. The summed E-state index contributed by atoms with van der Waals surface area (Å²) in [4.78, 5) is 19.8. The van der Waals surface area contributed by atoms with Crippen molar-refractivity contribution in [2.45, 2.75) is 6.92 Å². The number of benzene rings is 1. The number of rotatable bonds is 3. The molecule has 0 amide bonds. The Bertz CT molecular complexity index is 417. The molecule has 4 heteroatoms. The fourth-order valence-corrected chi connectivity index (χ4v) is 0.755. The van der Waals surface area contributed by atoms with Crippen LogP contribution in [-0.2, 0) is 4.79 Å². The Morgan fingerprint density at radius 2 is 1.59 bits per heavy atom. The Hall–Kier alpha value is -2.36. The van der Waals surface area contributed by atoms with Crippen molar-refractivity contribution < 1.29 is 19.8 Å². The van der Waals surface area contributed by atoms with Crippen molar-refractivity contribution in [2.24, 2.45) is 0 Å². The minimum absolute atomic E-state index is 0.0648. The number of carboxylic acids is 2. The second-order valence-corrected chi connectivity index (χ2v) is 3.18. The van der Waals surface area contributed by atoms with Crippen molar-refractivity contribution in [1.29, 1.82) is 0 Å². The van der Waals surface area contributed by atoms with Crippen LogP contribution in [0.15, 0.2) is 43.0 Å². The molecule has 1 aromatic rings. The Labute approximate surface area is 99.5 Å². The Morgan fingerprint density at radius 3 is 1.82 bits per heavy atom. The van der Waals surface area contributed by atoms with Crippen molar-refractivity contribution in [3.63, 3.8) is 0 Å². The van der Waals surface area contributed by atoms with E-state index in [1.165, 1.54) is 19.1 Å². The molecule has 4 nitrogen and oxygen atoms in total. The highest BCUT2D eigenvalue weighted by Crippen LogP contribution is 2.03. The maximum atomic E-state index is 10.3. The Kier molecular flexibility index (Phi) is 6.03. The van der Waals surface area contributed by atoms with E-state index in [2.05, 4.69) is 13.2 Å². The maximum absolute atomic E-state index is 10.3. The molecule has 0 fully saturated rings. The Balaban J connectivity index is 0.000000366. The number of carboxylic acid groups (broad SMARTS) is 2. The zero-order chi connectivity index (χ0) is 13.4. The van der Waals surface area contributed by atoms with Gasteiger partial charge in [-0.2, -0.15) is 0 Å². The van der Waals surface area contributed by atoms with Crippen molar-refractivity contribution >= 4 is 18.0 Å². The molecular weight excluding hydrogens is 220 g/mol. The smallest absolute Gasteiger partial charge is 0.0715 e. The molecule has 17 heavy (non-hydrogen) atoms. The summed E-state index contributed by atoms with van der Waals surface area (Å²) in [6.45, 7) is 8.02. The highest BCUT2D eigenvalue weighted by Gasteiger charge is 1.90. The van der Waals surface area contributed by atoms with Gasteiger partial charge in [-0.25, -0.2) is 0 Å². The zero-order valence-corrected chi connectivity index (χ0v) is 9.43. The number of aliphatic carboxylic acids is 1. The summed E-state index contributed by atoms with van der Waals surface area (Å²) in [6.07, 6.45) is 1.65. The number of carbonyl (C=O) groups excluding carboxylic acids is 2. The molecule has 0 bridgehead atoms. The quantitative estimate of drug-likeness (QED) is 0.687. The molecule has 1 rings (SSSR count). The van der Waals surface area contributed by atoms with Crippen molar-refractivity contribution in [3.8, 4) is 0 Å². The maximum Gasteiger partial charge on any atom is 0.0715 e. The van der Waals surface area contributed by atoms with E-state index in [0.29, 0.717) is 0 Å². The molecular formula is C13H12O4-2. The first kappa shape index (κ1) is 14.6. The molecule has 0 aliphatic rings. The monoisotopic (exact) mass is 232 g/mol. The molecule has 0 saturated carbocycles. The molecule has 1 aromatic carbocycles. The van der Waals surface area contributed by atoms with Gasteiger partial charge in [0, 0.05) is 0 Å². The molecule has 0 saturated heterocycles. The molecule has 0 unspecified atom stereocenters.